The summed E-state index contributed by atoms with van der Waals surface area (Å²) < 4.78 is 0. The monoisotopic (exact) mass is 172 g/mol. The van der Waals surface area contributed by atoms with Gasteiger partial charge < -0.3 is 11.5 Å². The molecule has 0 aromatic carbocycles. The van der Waals surface area contributed by atoms with E-state index in [0.29, 0.717) is 12.1 Å². The third-order valence-corrected chi connectivity index (χ3v) is 2.31. The molecule has 2 atom stereocenters. The summed E-state index contributed by atoms with van der Waals surface area (Å²) in [5.74, 6) is 0. The Balaban J connectivity index is 3.26. The van der Waals surface area contributed by atoms with E-state index >= 15 is 0 Å². The lowest BCUT2D eigenvalue weighted by molar-refractivity contribution is 0.470. The number of unbranched alkanes of at least 4 members (excludes halogenated alkanes) is 2. The van der Waals surface area contributed by atoms with Crippen LogP contribution in [0.4, 0.5) is 0 Å². The van der Waals surface area contributed by atoms with Crippen LogP contribution in [0, 0.1) is 0 Å². The summed E-state index contributed by atoms with van der Waals surface area (Å²) in [5, 5.41) is 0. The van der Waals surface area contributed by atoms with E-state index in [9.17, 15) is 0 Å². The van der Waals surface area contributed by atoms with Gasteiger partial charge in [-0.1, -0.05) is 33.1 Å². The maximum absolute atomic E-state index is 5.91. The zero-order valence-electron chi connectivity index (χ0n) is 8.55. The average Bonchev–Trinajstić information content (AvgIpc) is 2.05. The Labute approximate surface area is 76.7 Å². The molecule has 0 aliphatic heterocycles. The Bertz CT molecular complexity index is 93.8. The predicted molar refractivity (Wildman–Crippen MR) is 55.0 cm³/mol. The number of nitrogens with two attached hydrogens (primary N) is 2. The smallest absolute Gasteiger partial charge is 0.00535 e. The maximum Gasteiger partial charge on any atom is 0.00535 e. The van der Waals surface area contributed by atoms with E-state index in [4.69, 9.17) is 11.5 Å². The lowest BCUT2D eigenvalue weighted by atomic mass is 10.0. The molecule has 0 aromatic rings. The van der Waals surface area contributed by atoms with Crippen LogP contribution in [0.15, 0.2) is 0 Å². The van der Waals surface area contributed by atoms with Crippen molar-refractivity contribution in [1.82, 2.24) is 0 Å². The summed E-state index contributed by atoms with van der Waals surface area (Å²) in [6.45, 7) is 4.33. The Morgan fingerprint density at radius 3 is 2.17 bits per heavy atom. The second kappa shape index (κ2) is 7.56. The van der Waals surface area contributed by atoms with Gasteiger partial charge in [-0.2, -0.15) is 0 Å². The minimum Gasteiger partial charge on any atom is -0.328 e. The van der Waals surface area contributed by atoms with E-state index in [2.05, 4.69) is 13.8 Å². The molecule has 0 saturated heterocycles. The van der Waals surface area contributed by atoms with Crippen molar-refractivity contribution in [2.24, 2.45) is 11.5 Å². The molecule has 0 heterocycles. The Kier molecular flexibility index (Phi) is 7.51. The van der Waals surface area contributed by atoms with Gasteiger partial charge in [0.05, 0.1) is 0 Å². The number of rotatable bonds is 7. The van der Waals surface area contributed by atoms with Crippen molar-refractivity contribution < 1.29 is 0 Å². The number of hydrogen-bond acceptors (Lipinski definition) is 2. The number of hydrogen-bond donors (Lipinski definition) is 2. The molecule has 2 nitrogen and oxygen atoms in total. The van der Waals surface area contributed by atoms with E-state index in [1.165, 1.54) is 19.3 Å². The third kappa shape index (κ3) is 6.62. The van der Waals surface area contributed by atoms with Crippen LogP contribution in [0.2, 0.25) is 0 Å². The first-order valence-corrected chi connectivity index (χ1v) is 5.21. The summed E-state index contributed by atoms with van der Waals surface area (Å²) in [5.41, 5.74) is 11.7. The molecule has 0 aromatic heterocycles. The third-order valence-electron chi connectivity index (χ3n) is 2.31. The maximum atomic E-state index is 5.91. The summed E-state index contributed by atoms with van der Waals surface area (Å²) in [4.78, 5) is 0. The second-order valence-electron chi connectivity index (χ2n) is 3.66. The molecule has 0 bridgehead atoms. The summed E-state index contributed by atoms with van der Waals surface area (Å²) >= 11 is 0. The highest BCUT2D eigenvalue weighted by molar-refractivity contribution is 4.69. The summed E-state index contributed by atoms with van der Waals surface area (Å²) in [6.07, 6.45) is 7.00. The summed E-state index contributed by atoms with van der Waals surface area (Å²) in [6, 6.07) is 0.633. The fourth-order valence-corrected chi connectivity index (χ4v) is 1.33. The van der Waals surface area contributed by atoms with Crippen LogP contribution in [0.25, 0.3) is 0 Å². The van der Waals surface area contributed by atoms with E-state index in [-0.39, 0.29) is 0 Å². The predicted octanol–water partition coefficient (Wildman–Crippen LogP) is 2.02. The highest BCUT2D eigenvalue weighted by Crippen LogP contribution is 2.06. The van der Waals surface area contributed by atoms with Crippen LogP contribution in [0.3, 0.4) is 0 Å². The molecule has 0 spiro atoms. The quantitative estimate of drug-likeness (QED) is 0.577. The highest BCUT2D eigenvalue weighted by atomic mass is 14.7. The van der Waals surface area contributed by atoms with Crippen molar-refractivity contribution in [3.05, 3.63) is 0 Å². The zero-order chi connectivity index (χ0) is 9.40. The van der Waals surface area contributed by atoms with E-state index in [1.54, 1.807) is 0 Å². The van der Waals surface area contributed by atoms with Crippen LogP contribution in [-0.4, -0.2) is 12.1 Å². The van der Waals surface area contributed by atoms with Crippen molar-refractivity contribution in [3.8, 4) is 0 Å². The SMILES string of the molecule is CCCCCC(N)CC(N)CC. The van der Waals surface area contributed by atoms with Crippen LogP contribution in [0.5, 0.6) is 0 Å². The van der Waals surface area contributed by atoms with Crippen molar-refractivity contribution in [1.29, 1.82) is 0 Å². The van der Waals surface area contributed by atoms with Gasteiger partial charge in [-0.3, -0.25) is 0 Å². The standard InChI is InChI=1S/C10H24N2/c1-3-5-6-7-10(12)8-9(11)4-2/h9-10H,3-8,11-12H2,1-2H3. The van der Waals surface area contributed by atoms with E-state index in [1.807, 2.05) is 0 Å². The van der Waals surface area contributed by atoms with E-state index < -0.39 is 0 Å². The molecule has 0 rings (SSSR count). The Morgan fingerprint density at radius 2 is 1.67 bits per heavy atom. The van der Waals surface area contributed by atoms with Crippen molar-refractivity contribution in [3.63, 3.8) is 0 Å². The van der Waals surface area contributed by atoms with Gasteiger partial charge in [0, 0.05) is 12.1 Å². The summed E-state index contributed by atoms with van der Waals surface area (Å²) in [7, 11) is 0. The van der Waals surface area contributed by atoms with Crippen LogP contribution >= 0.6 is 0 Å². The lowest BCUT2D eigenvalue weighted by Crippen LogP contribution is -2.30. The molecule has 2 unspecified atom stereocenters. The highest BCUT2D eigenvalue weighted by Gasteiger charge is 2.06. The molecular weight excluding hydrogens is 148 g/mol. The van der Waals surface area contributed by atoms with Crippen LogP contribution in [0.1, 0.15) is 52.4 Å². The van der Waals surface area contributed by atoms with Gasteiger partial charge in [-0.05, 0) is 19.3 Å². The molecule has 0 saturated carbocycles. The van der Waals surface area contributed by atoms with E-state index in [0.717, 1.165) is 19.3 Å². The molecule has 0 aliphatic carbocycles. The largest absolute Gasteiger partial charge is 0.328 e. The van der Waals surface area contributed by atoms with Gasteiger partial charge in [0.2, 0.25) is 0 Å². The fraction of sp³-hybridized carbons (Fsp3) is 1.00. The van der Waals surface area contributed by atoms with Crippen molar-refractivity contribution in [2.45, 2.75) is 64.5 Å². The minimum atomic E-state index is 0.307. The molecular formula is C10H24N2. The van der Waals surface area contributed by atoms with Crippen LogP contribution in [-0.2, 0) is 0 Å². The first-order valence-electron chi connectivity index (χ1n) is 5.21. The van der Waals surface area contributed by atoms with Crippen molar-refractivity contribution >= 4 is 0 Å². The van der Waals surface area contributed by atoms with Gasteiger partial charge in [-0.25, -0.2) is 0 Å². The normalized spacial score (nSPS) is 16.0. The average molecular weight is 172 g/mol. The zero-order valence-corrected chi connectivity index (χ0v) is 8.55. The minimum absolute atomic E-state index is 0.307. The fourth-order valence-electron chi connectivity index (χ4n) is 1.33. The molecule has 4 N–H and O–H groups in total. The Hall–Kier alpha value is -0.0800. The Morgan fingerprint density at radius 1 is 1.00 bits per heavy atom. The van der Waals surface area contributed by atoms with Crippen LogP contribution < -0.4 is 11.5 Å². The second-order valence-corrected chi connectivity index (χ2v) is 3.66. The topological polar surface area (TPSA) is 52.0 Å². The molecule has 0 fully saturated rings. The molecule has 0 amide bonds. The molecule has 74 valence electrons. The first kappa shape index (κ1) is 11.9. The molecule has 2 heteroatoms. The first-order chi connectivity index (χ1) is 5.70. The molecule has 12 heavy (non-hydrogen) atoms. The molecule has 0 aliphatic rings. The lowest BCUT2D eigenvalue weighted by Gasteiger charge is -2.15. The van der Waals surface area contributed by atoms with Gasteiger partial charge in [-0.15, -0.1) is 0 Å². The molecule has 0 radical (unpaired) electrons. The van der Waals surface area contributed by atoms with Gasteiger partial charge >= 0.3 is 0 Å². The van der Waals surface area contributed by atoms with Crippen molar-refractivity contribution in [2.75, 3.05) is 0 Å². The van der Waals surface area contributed by atoms with Gasteiger partial charge in [0.1, 0.15) is 0 Å². The van der Waals surface area contributed by atoms with Gasteiger partial charge in [0.25, 0.3) is 0 Å². The van der Waals surface area contributed by atoms with Gasteiger partial charge in [0.15, 0.2) is 0 Å².